The first kappa shape index (κ1) is 13.7. The van der Waals surface area contributed by atoms with Crippen LogP contribution in [-0.4, -0.2) is 39.9 Å². The van der Waals surface area contributed by atoms with Gasteiger partial charge in [-0.2, -0.15) is 5.10 Å². The molecule has 2 aromatic rings. The van der Waals surface area contributed by atoms with Crippen molar-refractivity contribution >= 4 is 10.0 Å². The molecular weight excluding hydrogens is 268 g/mol. The molecule has 0 aliphatic heterocycles. The van der Waals surface area contributed by atoms with Crippen molar-refractivity contribution in [2.75, 3.05) is 6.54 Å². The molecule has 0 fully saturated rings. The zero-order chi connectivity index (χ0) is 14.0. The van der Waals surface area contributed by atoms with Gasteiger partial charge in [-0.05, 0) is 13.8 Å². The minimum absolute atomic E-state index is 0.213. The van der Waals surface area contributed by atoms with Crippen molar-refractivity contribution in [3.05, 3.63) is 23.5 Å². The van der Waals surface area contributed by atoms with E-state index in [1.807, 2.05) is 7.05 Å². The monoisotopic (exact) mass is 284 g/mol. The van der Waals surface area contributed by atoms with Gasteiger partial charge < -0.3 is 4.57 Å². The van der Waals surface area contributed by atoms with Gasteiger partial charge in [-0.15, -0.1) is 10.2 Å². The molecule has 0 spiro atoms. The Hall–Kier alpha value is -1.74. The predicted octanol–water partition coefficient (Wildman–Crippen LogP) is -0.324. The zero-order valence-electron chi connectivity index (χ0n) is 11.0. The summed E-state index contributed by atoms with van der Waals surface area (Å²) in [6.07, 6.45) is 2.06. The van der Waals surface area contributed by atoms with E-state index >= 15 is 0 Å². The second-order valence-corrected chi connectivity index (χ2v) is 5.97. The lowest BCUT2D eigenvalue weighted by molar-refractivity contribution is 0.579. The second-order valence-electron chi connectivity index (χ2n) is 4.27. The van der Waals surface area contributed by atoms with E-state index in [1.165, 1.54) is 0 Å². The largest absolute Gasteiger partial charge is 0.321 e. The highest BCUT2D eigenvalue weighted by Gasteiger charge is 2.21. The van der Waals surface area contributed by atoms with Crippen molar-refractivity contribution in [1.29, 1.82) is 0 Å². The van der Waals surface area contributed by atoms with Crippen molar-refractivity contribution in [2.24, 2.45) is 7.05 Å². The lowest BCUT2D eigenvalue weighted by atomic mass is 10.4. The van der Waals surface area contributed by atoms with E-state index in [0.717, 1.165) is 5.82 Å². The Morgan fingerprint density at radius 2 is 2.16 bits per heavy atom. The molecule has 8 nitrogen and oxygen atoms in total. The van der Waals surface area contributed by atoms with E-state index in [1.54, 1.807) is 24.7 Å². The Kier molecular flexibility index (Phi) is 3.67. The van der Waals surface area contributed by atoms with Crippen LogP contribution in [0, 0.1) is 13.8 Å². The summed E-state index contributed by atoms with van der Waals surface area (Å²) in [5.41, 5.74) is 0.993. The topological polar surface area (TPSA) is 106 Å². The molecular formula is C10H16N6O2S. The minimum atomic E-state index is -3.55. The molecule has 9 heteroatoms. The van der Waals surface area contributed by atoms with Gasteiger partial charge in [-0.3, -0.25) is 5.10 Å². The molecule has 0 bridgehead atoms. The number of rotatable bonds is 5. The first-order valence-corrected chi connectivity index (χ1v) is 7.24. The second kappa shape index (κ2) is 5.10. The summed E-state index contributed by atoms with van der Waals surface area (Å²) in [7, 11) is -1.73. The molecule has 2 rings (SSSR count). The van der Waals surface area contributed by atoms with Gasteiger partial charge in [0, 0.05) is 20.0 Å². The Morgan fingerprint density at radius 1 is 1.42 bits per heavy atom. The summed E-state index contributed by atoms with van der Waals surface area (Å²) in [4.78, 5) is 0.213. The normalized spacial score (nSPS) is 11.9. The fraction of sp³-hybridized carbons (Fsp3) is 0.500. The molecule has 0 aromatic carbocycles. The number of sulfonamides is 1. The van der Waals surface area contributed by atoms with Crippen LogP contribution >= 0.6 is 0 Å². The van der Waals surface area contributed by atoms with Crippen LogP contribution in [0.2, 0.25) is 0 Å². The number of aryl methyl sites for hydroxylation is 3. The molecule has 2 aromatic heterocycles. The molecule has 2 heterocycles. The number of H-pyrrole nitrogens is 1. The number of hydrogen-bond acceptors (Lipinski definition) is 5. The highest BCUT2D eigenvalue weighted by atomic mass is 32.2. The Bertz CT molecular complexity index is 653. The fourth-order valence-corrected chi connectivity index (χ4v) is 3.24. The summed E-state index contributed by atoms with van der Waals surface area (Å²) in [5.74, 6) is 0.725. The third-order valence-corrected chi connectivity index (χ3v) is 4.50. The maximum atomic E-state index is 12.1. The van der Waals surface area contributed by atoms with E-state index in [4.69, 9.17) is 0 Å². The summed E-state index contributed by atoms with van der Waals surface area (Å²) in [5, 5.41) is 14.2. The van der Waals surface area contributed by atoms with Gasteiger partial charge in [-0.25, -0.2) is 13.1 Å². The number of nitrogens with zero attached hydrogens (tertiary/aromatic N) is 4. The van der Waals surface area contributed by atoms with Gasteiger partial charge >= 0.3 is 0 Å². The molecule has 0 radical (unpaired) electrons. The van der Waals surface area contributed by atoms with Crippen LogP contribution in [0.3, 0.4) is 0 Å². The number of aromatic amines is 1. The highest BCUT2D eigenvalue weighted by Crippen LogP contribution is 2.15. The maximum absolute atomic E-state index is 12.1. The van der Waals surface area contributed by atoms with E-state index < -0.39 is 10.0 Å². The van der Waals surface area contributed by atoms with Gasteiger partial charge in [0.2, 0.25) is 10.0 Å². The molecule has 104 valence electrons. The van der Waals surface area contributed by atoms with Gasteiger partial charge in [0.05, 0.1) is 11.4 Å². The molecule has 0 atom stereocenters. The number of aromatic nitrogens is 5. The molecule has 0 saturated carbocycles. The molecule has 0 amide bonds. The first-order valence-electron chi connectivity index (χ1n) is 5.76. The van der Waals surface area contributed by atoms with E-state index in [0.29, 0.717) is 17.8 Å². The minimum Gasteiger partial charge on any atom is -0.321 e. The summed E-state index contributed by atoms with van der Waals surface area (Å²) >= 11 is 0. The highest BCUT2D eigenvalue weighted by molar-refractivity contribution is 7.89. The van der Waals surface area contributed by atoms with Crippen LogP contribution in [-0.2, 0) is 23.5 Å². The Balaban J connectivity index is 2.05. The lowest BCUT2D eigenvalue weighted by Crippen LogP contribution is -2.27. The quantitative estimate of drug-likeness (QED) is 0.782. The number of hydrogen-bond donors (Lipinski definition) is 2. The van der Waals surface area contributed by atoms with Gasteiger partial charge in [0.25, 0.3) is 0 Å². The predicted molar refractivity (Wildman–Crippen MR) is 68.0 cm³/mol. The third-order valence-electron chi connectivity index (χ3n) is 2.78. The van der Waals surface area contributed by atoms with Crippen LogP contribution in [0.5, 0.6) is 0 Å². The standard InChI is InChI=1S/C10H16N6O2S/c1-7-10(8(2)14-13-7)19(17,18)12-5-4-9-15-11-6-16(9)3/h6,12H,4-5H2,1-3H3,(H,13,14). The van der Waals surface area contributed by atoms with Gasteiger partial charge in [0.1, 0.15) is 17.0 Å². The molecule has 0 aliphatic rings. The first-order chi connectivity index (χ1) is 8.92. The Morgan fingerprint density at radius 3 is 2.68 bits per heavy atom. The fourth-order valence-electron chi connectivity index (χ4n) is 1.84. The molecule has 0 unspecified atom stereocenters. The molecule has 2 N–H and O–H groups in total. The van der Waals surface area contributed by atoms with Crippen molar-refractivity contribution in [3.63, 3.8) is 0 Å². The molecule has 19 heavy (non-hydrogen) atoms. The third kappa shape index (κ3) is 2.82. The van der Waals surface area contributed by atoms with Crippen molar-refractivity contribution in [1.82, 2.24) is 29.7 Å². The van der Waals surface area contributed by atoms with Crippen LogP contribution < -0.4 is 4.72 Å². The van der Waals surface area contributed by atoms with Crippen LogP contribution in [0.15, 0.2) is 11.2 Å². The zero-order valence-corrected chi connectivity index (χ0v) is 11.8. The average molecular weight is 284 g/mol. The summed E-state index contributed by atoms with van der Waals surface area (Å²) < 4.78 is 28.6. The average Bonchev–Trinajstić information content (AvgIpc) is 2.86. The van der Waals surface area contributed by atoms with E-state index in [9.17, 15) is 8.42 Å². The summed E-state index contributed by atoms with van der Waals surface area (Å²) in [6.45, 7) is 3.59. The van der Waals surface area contributed by atoms with Gasteiger partial charge in [-0.1, -0.05) is 0 Å². The summed E-state index contributed by atoms with van der Waals surface area (Å²) in [6, 6.07) is 0. The van der Waals surface area contributed by atoms with Crippen molar-refractivity contribution < 1.29 is 8.42 Å². The molecule has 0 aliphatic carbocycles. The van der Waals surface area contributed by atoms with Crippen LogP contribution in [0.4, 0.5) is 0 Å². The van der Waals surface area contributed by atoms with Crippen LogP contribution in [0.25, 0.3) is 0 Å². The SMILES string of the molecule is Cc1n[nH]c(C)c1S(=O)(=O)NCCc1nncn1C. The number of nitrogens with one attached hydrogen (secondary N) is 2. The van der Waals surface area contributed by atoms with Crippen molar-refractivity contribution in [3.8, 4) is 0 Å². The molecule has 0 saturated heterocycles. The lowest BCUT2D eigenvalue weighted by Gasteiger charge is -2.06. The van der Waals surface area contributed by atoms with Gasteiger partial charge in [0.15, 0.2) is 0 Å². The smallest absolute Gasteiger partial charge is 0.244 e. The maximum Gasteiger partial charge on any atom is 0.244 e. The van der Waals surface area contributed by atoms with E-state index in [-0.39, 0.29) is 11.4 Å². The Labute approximate surface area is 111 Å². The van der Waals surface area contributed by atoms with Crippen LogP contribution in [0.1, 0.15) is 17.2 Å². The van der Waals surface area contributed by atoms with E-state index in [2.05, 4.69) is 25.1 Å². The van der Waals surface area contributed by atoms with Crippen molar-refractivity contribution in [2.45, 2.75) is 25.2 Å².